The number of hydrogen-bond acceptors (Lipinski definition) is 2. The van der Waals surface area contributed by atoms with Crippen LogP contribution in [-0.2, 0) is 6.61 Å². The molecule has 100 valence electrons. The van der Waals surface area contributed by atoms with Gasteiger partial charge in [-0.1, -0.05) is 41.4 Å². The number of rotatable bonds is 4. The van der Waals surface area contributed by atoms with Crippen LogP contribution >= 0.6 is 23.2 Å². The lowest BCUT2D eigenvalue weighted by molar-refractivity contribution is 0.199. The molecule has 0 spiro atoms. The zero-order valence-electron chi connectivity index (χ0n) is 10.4. The van der Waals surface area contributed by atoms with Crippen molar-refractivity contribution in [3.63, 3.8) is 0 Å². The third-order valence-electron chi connectivity index (χ3n) is 2.75. The van der Waals surface area contributed by atoms with E-state index in [1.807, 2.05) is 24.3 Å². The molecular weight excluding hydrogens is 283 g/mol. The maximum atomic E-state index is 9.46. The van der Waals surface area contributed by atoms with Gasteiger partial charge in [-0.05, 0) is 42.3 Å². The van der Waals surface area contributed by atoms with E-state index in [0.29, 0.717) is 22.4 Å². The predicted octanol–water partition coefficient (Wildman–Crippen LogP) is 4.63. The van der Waals surface area contributed by atoms with E-state index >= 15 is 0 Å². The summed E-state index contributed by atoms with van der Waals surface area (Å²) in [6, 6.07) is 12.7. The van der Waals surface area contributed by atoms with Crippen LogP contribution in [0.25, 0.3) is 0 Å². The SMILES string of the molecule is C[C@H](O)c1ccc(OCc2ccc(Cl)cc2)c(Cl)c1. The number of aliphatic hydroxyl groups is 1. The smallest absolute Gasteiger partial charge is 0.138 e. The van der Waals surface area contributed by atoms with Crippen molar-refractivity contribution in [2.24, 2.45) is 0 Å². The van der Waals surface area contributed by atoms with E-state index in [2.05, 4.69) is 0 Å². The van der Waals surface area contributed by atoms with Crippen molar-refractivity contribution in [2.75, 3.05) is 0 Å². The number of hydrogen-bond donors (Lipinski definition) is 1. The average Bonchev–Trinajstić information content (AvgIpc) is 2.39. The number of ether oxygens (including phenoxy) is 1. The Balaban J connectivity index is 2.05. The van der Waals surface area contributed by atoms with Gasteiger partial charge in [0.05, 0.1) is 11.1 Å². The molecule has 1 N–H and O–H groups in total. The molecule has 0 fully saturated rings. The zero-order valence-corrected chi connectivity index (χ0v) is 11.9. The first-order valence-electron chi connectivity index (χ1n) is 5.91. The van der Waals surface area contributed by atoms with Gasteiger partial charge in [-0.2, -0.15) is 0 Å². The molecule has 2 rings (SSSR count). The fraction of sp³-hybridized carbons (Fsp3) is 0.200. The number of halogens is 2. The summed E-state index contributed by atoms with van der Waals surface area (Å²) in [5, 5.41) is 10.7. The molecule has 0 unspecified atom stereocenters. The second-order valence-electron chi connectivity index (χ2n) is 4.28. The standard InChI is InChI=1S/C15H14Cl2O2/c1-10(18)12-4-7-15(14(17)8-12)19-9-11-2-5-13(16)6-3-11/h2-8,10,18H,9H2,1H3/t10-/m0/s1. The number of aliphatic hydroxyl groups excluding tert-OH is 1. The van der Waals surface area contributed by atoms with Crippen LogP contribution in [0.15, 0.2) is 42.5 Å². The first kappa shape index (κ1) is 14.2. The Bertz CT molecular complexity index is 551. The Kier molecular flexibility index (Phi) is 4.70. The molecule has 0 aromatic heterocycles. The lowest BCUT2D eigenvalue weighted by Gasteiger charge is -2.11. The van der Waals surface area contributed by atoms with E-state index in [1.54, 1.807) is 25.1 Å². The lowest BCUT2D eigenvalue weighted by Crippen LogP contribution is -1.97. The van der Waals surface area contributed by atoms with Gasteiger partial charge in [0.15, 0.2) is 0 Å². The Morgan fingerprint density at radius 1 is 1.11 bits per heavy atom. The van der Waals surface area contributed by atoms with Crippen molar-refractivity contribution in [1.29, 1.82) is 0 Å². The zero-order chi connectivity index (χ0) is 13.8. The minimum absolute atomic E-state index is 0.422. The molecule has 0 aliphatic heterocycles. The molecular formula is C15H14Cl2O2. The fourth-order valence-corrected chi connectivity index (χ4v) is 2.01. The Labute approximate surface area is 122 Å². The summed E-state index contributed by atoms with van der Waals surface area (Å²) in [6.07, 6.45) is -0.539. The Morgan fingerprint density at radius 3 is 2.37 bits per heavy atom. The highest BCUT2D eigenvalue weighted by molar-refractivity contribution is 6.32. The molecule has 4 heteroatoms. The van der Waals surface area contributed by atoms with Gasteiger partial charge < -0.3 is 9.84 Å². The summed E-state index contributed by atoms with van der Waals surface area (Å²) in [7, 11) is 0. The minimum atomic E-state index is -0.539. The van der Waals surface area contributed by atoms with Gasteiger partial charge in [0.25, 0.3) is 0 Å². The molecule has 0 heterocycles. The van der Waals surface area contributed by atoms with Gasteiger partial charge in [0, 0.05) is 5.02 Å². The third-order valence-corrected chi connectivity index (χ3v) is 3.29. The first-order chi connectivity index (χ1) is 9.06. The van der Waals surface area contributed by atoms with Gasteiger partial charge in [-0.15, -0.1) is 0 Å². The first-order valence-corrected chi connectivity index (χ1v) is 6.66. The molecule has 0 radical (unpaired) electrons. The van der Waals surface area contributed by atoms with Crippen molar-refractivity contribution in [3.8, 4) is 5.75 Å². The molecule has 0 aliphatic rings. The van der Waals surface area contributed by atoms with E-state index in [0.717, 1.165) is 11.1 Å². The van der Waals surface area contributed by atoms with E-state index in [4.69, 9.17) is 27.9 Å². The fourth-order valence-electron chi connectivity index (χ4n) is 1.64. The summed E-state index contributed by atoms with van der Waals surface area (Å²) in [5.74, 6) is 0.598. The second kappa shape index (κ2) is 6.29. The van der Waals surface area contributed by atoms with E-state index < -0.39 is 6.10 Å². The van der Waals surface area contributed by atoms with Crippen LogP contribution in [0.2, 0.25) is 10.0 Å². The van der Waals surface area contributed by atoms with Crippen molar-refractivity contribution in [2.45, 2.75) is 19.6 Å². The molecule has 0 amide bonds. The monoisotopic (exact) mass is 296 g/mol. The molecule has 2 aromatic carbocycles. The molecule has 1 atom stereocenters. The summed E-state index contributed by atoms with van der Waals surface area (Å²) >= 11 is 11.9. The van der Waals surface area contributed by atoms with Gasteiger partial charge in [-0.25, -0.2) is 0 Å². The van der Waals surface area contributed by atoms with Gasteiger partial charge in [0.2, 0.25) is 0 Å². The Morgan fingerprint density at radius 2 is 1.79 bits per heavy atom. The van der Waals surface area contributed by atoms with E-state index in [1.165, 1.54) is 0 Å². The number of benzene rings is 2. The quantitative estimate of drug-likeness (QED) is 0.891. The van der Waals surface area contributed by atoms with Crippen molar-refractivity contribution < 1.29 is 9.84 Å². The highest BCUT2D eigenvalue weighted by Crippen LogP contribution is 2.28. The van der Waals surface area contributed by atoms with Crippen LogP contribution in [0.1, 0.15) is 24.2 Å². The minimum Gasteiger partial charge on any atom is -0.487 e. The molecule has 19 heavy (non-hydrogen) atoms. The summed E-state index contributed by atoms with van der Waals surface area (Å²) in [4.78, 5) is 0. The van der Waals surface area contributed by atoms with Gasteiger partial charge in [-0.3, -0.25) is 0 Å². The van der Waals surface area contributed by atoms with Crippen LogP contribution in [-0.4, -0.2) is 5.11 Å². The topological polar surface area (TPSA) is 29.5 Å². The summed E-state index contributed by atoms with van der Waals surface area (Å²) in [5.41, 5.74) is 1.78. The van der Waals surface area contributed by atoms with Crippen LogP contribution in [0.4, 0.5) is 0 Å². The maximum Gasteiger partial charge on any atom is 0.138 e. The predicted molar refractivity (Wildman–Crippen MR) is 77.9 cm³/mol. The van der Waals surface area contributed by atoms with Crippen LogP contribution in [0.3, 0.4) is 0 Å². The molecule has 0 aliphatic carbocycles. The van der Waals surface area contributed by atoms with Crippen molar-refractivity contribution in [1.82, 2.24) is 0 Å². The van der Waals surface area contributed by atoms with E-state index in [-0.39, 0.29) is 0 Å². The highest BCUT2D eigenvalue weighted by atomic mass is 35.5. The largest absolute Gasteiger partial charge is 0.487 e. The van der Waals surface area contributed by atoms with Crippen LogP contribution in [0, 0.1) is 0 Å². The van der Waals surface area contributed by atoms with Crippen molar-refractivity contribution >= 4 is 23.2 Å². The van der Waals surface area contributed by atoms with E-state index in [9.17, 15) is 5.11 Å². The second-order valence-corrected chi connectivity index (χ2v) is 5.12. The van der Waals surface area contributed by atoms with Gasteiger partial charge >= 0.3 is 0 Å². The maximum absolute atomic E-state index is 9.46. The normalized spacial score (nSPS) is 12.2. The molecule has 2 nitrogen and oxygen atoms in total. The molecule has 0 saturated heterocycles. The lowest BCUT2D eigenvalue weighted by atomic mass is 10.1. The van der Waals surface area contributed by atoms with Gasteiger partial charge in [0.1, 0.15) is 12.4 Å². The summed E-state index contributed by atoms with van der Waals surface area (Å²) < 4.78 is 5.64. The Hall–Kier alpha value is -1.22. The summed E-state index contributed by atoms with van der Waals surface area (Å²) in [6.45, 7) is 2.12. The molecule has 2 aromatic rings. The highest BCUT2D eigenvalue weighted by Gasteiger charge is 2.06. The third kappa shape index (κ3) is 3.87. The van der Waals surface area contributed by atoms with Crippen molar-refractivity contribution in [3.05, 3.63) is 63.6 Å². The molecule has 0 bridgehead atoms. The van der Waals surface area contributed by atoms with Crippen LogP contribution < -0.4 is 4.74 Å². The van der Waals surface area contributed by atoms with Crippen LogP contribution in [0.5, 0.6) is 5.75 Å². The average molecular weight is 297 g/mol. The molecule has 0 saturated carbocycles.